The van der Waals surface area contributed by atoms with Gasteiger partial charge in [0.2, 0.25) is 0 Å². The molecule has 1 rings (SSSR count). The van der Waals surface area contributed by atoms with Crippen LogP contribution < -0.4 is 0 Å². The summed E-state index contributed by atoms with van der Waals surface area (Å²) in [7, 11) is 2.20. The minimum atomic E-state index is 0.598. The number of rotatable bonds is 9. The highest BCUT2D eigenvalue weighted by molar-refractivity contribution is 4.96. The molecule has 0 amide bonds. The fraction of sp³-hybridized carbons (Fsp3) is 0.875. The van der Waals surface area contributed by atoms with E-state index >= 15 is 0 Å². The predicted octanol–water partition coefficient (Wildman–Crippen LogP) is 4.58. The molecular weight excluding hydrogens is 220 g/mol. The van der Waals surface area contributed by atoms with Crippen molar-refractivity contribution in [1.29, 1.82) is 0 Å². The molecule has 0 aromatic carbocycles. The maximum Gasteiger partial charge on any atom is 0.101 e. The molecule has 0 aromatic rings. The lowest BCUT2D eigenvalue weighted by atomic mass is 10.1. The summed E-state index contributed by atoms with van der Waals surface area (Å²) in [6.07, 6.45) is 16.2. The lowest BCUT2D eigenvalue weighted by Crippen LogP contribution is -2.40. The average Bonchev–Trinajstić information content (AvgIpc) is 2.70. The molecule has 1 atom stereocenters. The van der Waals surface area contributed by atoms with Gasteiger partial charge in [0.1, 0.15) is 6.17 Å². The zero-order valence-electron chi connectivity index (χ0n) is 12.9. The summed E-state index contributed by atoms with van der Waals surface area (Å²) in [6, 6.07) is 0.612. The molecule has 1 unspecified atom stereocenters. The minimum Gasteiger partial charge on any atom is -0.359 e. The standard InChI is InChI=1S/C16H32N2/c1-5-6-7-8-9-10-11-12-16-17(4)13-14-18(16)15(2)3/h13-16H,5-12H2,1-4H3. The first-order valence-corrected chi connectivity index (χ1v) is 7.84. The molecular formula is C16H32N2. The second-order valence-corrected chi connectivity index (χ2v) is 5.90. The normalized spacial score (nSPS) is 19.3. The van der Waals surface area contributed by atoms with Crippen molar-refractivity contribution in [2.45, 2.75) is 84.3 Å². The fourth-order valence-electron chi connectivity index (χ4n) is 2.74. The number of unbranched alkanes of at least 4 members (excludes halogenated alkanes) is 6. The Bertz CT molecular complexity index is 235. The van der Waals surface area contributed by atoms with Gasteiger partial charge < -0.3 is 9.80 Å². The monoisotopic (exact) mass is 252 g/mol. The van der Waals surface area contributed by atoms with E-state index in [0.29, 0.717) is 12.2 Å². The summed E-state index contributed by atoms with van der Waals surface area (Å²) in [5.74, 6) is 0. The van der Waals surface area contributed by atoms with Gasteiger partial charge >= 0.3 is 0 Å². The molecule has 0 saturated heterocycles. The van der Waals surface area contributed by atoms with Crippen LogP contribution in [0.5, 0.6) is 0 Å². The van der Waals surface area contributed by atoms with E-state index in [1.807, 2.05) is 0 Å². The Morgan fingerprint density at radius 2 is 1.56 bits per heavy atom. The zero-order valence-corrected chi connectivity index (χ0v) is 12.9. The van der Waals surface area contributed by atoms with E-state index in [2.05, 4.69) is 50.0 Å². The van der Waals surface area contributed by atoms with Gasteiger partial charge in [0.05, 0.1) is 0 Å². The van der Waals surface area contributed by atoms with Crippen molar-refractivity contribution >= 4 is 0 Å². The van der Waals surface area contributed by atoms with Crippen LogP contribution >= 0.6 is 0 Å². The lowest BCUT2D eigenvalue weighted by molar-refractivity contribution is 0.134. The van der Waals surface area contributed by atoms with E-state index < -0.39 is 0 Å². The van der Waals surface area contributed by atoms with Crippen LogP contribution in [0.4, 0.5) is 0 Å². The highest BCUT2D eigenvalue weighted by Crippen LogP contribution is 2.22. The zero-order chi connectivity index (χ0) is 13.4. The third kappa shape index (κ3) is 4.91. The Labute approximate surface area is 114 Å². The molecule has 0 spiro atoms. The predicted molar refractivity (Wildman–Crippen MR) is 80.3 cm³/mol. The Morgan fingerprint density at radius 3 is 2.17 bits per heavy atom. The topological polar surface area (TPSA) is 6.48 Å². The van der Waals surface area contributed by atoms with Crippen molar-refractivity contribution in [3.63, 3.8) is 0 Å². The molecule has 2 heteroatoms. The van der Waals surface area contributed by atoms with Gasteiger partial charge in [-0.1, -0.05) is 45.4 Å². The maximum atomic E-state index is 2.48. The molecule has 0 N–H and O–H groups in total. The van der Waals surface area contributed by atoms with E-state index in [0.717, 1.165) is 0 Å². The molecule has 0 radical (unpaired) electrons. The number of hydrogen-bond acceptors (Lipinski definition) is 2. The Balaban J connectivity index is 2.11. The Hall–Kier alpha value is -0.660. The van der Waals surface area contributed by atoms with E-state index in [1.54, 1.807) is 0 Å². The van der Waals surface area contributed by atoms with Crippen molar-refractivity contribution in [3.05, 3.63) is 12.4 Å². The quantitative estimate of drug-likeness (QED) is 0.554. The van der Waals surface area contributed by atoms with Gasteiger partial charge in [-0.3, -0.25) is 0 Å². The Morgan fingerprint density at radius 1 is 0.944 bits per heavy atom. The summed E-state index contributed by atoms with van der Waals surface area (Å²) < 4.78 is 0. The molecule has 18 heavy (non-hydrogen) atoms. The minimum absolute atomic E-state index is 0.598. The van der Waals surface area contributed by atoms with Gasteiger partial charge in [0.25, 0.3) is 0 Å². The summed E-state index contributed by atoms with van der Waals surface area (Å²) in [6.45, 7) is 6.84. The van der Waals surface area contributed by atoms with Gasteiger partial charge in [-0.25, -0.2) is 0 Å². The van der Waals surface area contributed by atoms with E-state index in [1.165, 1.54) is 51.4 Å². The van der Waals surface area contributed by atoms with Crippen molar-refractivity contribution in [1.82, 2.24) is 9.80 Å². The van der Waals surface area contributed by atoms with Crippen LogP contribution in [-0.4, -0.2) is 29.1 Å². The van der Waals surface area contributed by atoms with Gasteiger partial charge in [-0.2, -0.15) is 0 Å². The average molecular weight is 252 g/mol. The molecule has 1 aliphatic rings. The van der Waals surface area contributed by atoms with Crippen molar-refractivity contribution < 1.29 is 0 Å². The molecule has 0 aliphatic carbocycles. The van der Waals surface area contributed by atoms with Crippen LogP contribution in [0.3, 0.4) is 0 Å². The summed E-state index contributed by atoms with van der Waals surface area (Å²) in [4.78, 5) is 4.84. The molecule has 0 bridgehead atoms. The molecule has 0 fully saturated rings. The van der Waals surface area contributed by atoms with Crippen molar-refractivity contribution in [2.24, 2.45) is 0 Å². The smallest absolute Gasteiger partial charge is 0.101 e. The lowest BCUT2D eigenvalue weighted by Gasteiger charge is -2.33. The fourth-order valence-corrected chi connectivity index (χ4v) is 2.74. The van der Waals surface area contributed by atoms with E-state index in [9.17, 15) is 0 Å². The van der Waals surface area contributed by atoms with Gasteiger partial charge in [0, 0.05) is 25.5 Å². The first kappa shape index (κ1) is 15.4. The Kier molecular flexibility index (Phi) is 7.22. The molecule has 0 saturated carbocycles. The SMILES string of the molecule is CCCCCCCCCC1N(C)C=CN1C(C)C. The third-order valence-electron chi connectivity index (χ3n) is 3.95. The van der Waals surface area contributed by atoms with Gasteiger partial charge in [-0.15, -0.1) is 0 Å². The summed E-state index contributed by atoms with van der Waals surface area (Å²) in [5.41, 5.74) is 0. The van der Waals surface area contributed by atoms with Gasteiger partial charge in [0.15, 0.2) is 0 Å². The number of hydrogen-bond donors (Lipinski definition) is 0. The molecule has 1 heterocycles. The van der Waals surface area contributed by atoms with E-state index in [-0.39, 0.29) is 0 Å². The van der Waals surface area contributed by atoms with Crippen molar-refractivity contribution in [2.75, 3.05) is 7.05 Å². The number of nitrogens with zero attached hydrogens (tertiary/aromatic N) is 2. The second kappa shape index (κ2) is 8.44. The van der Waals surface area contributed by atoms with Crippen molar-refractivity contribution in [3.8, 4) is 0 Å². The molecule has 0 aromatic heterocycles. The molecule has 2 nitrogen and oxygen atoms in total. The maximum absolute atomic E-state index is 2.48. The van der Waals surface area contributed by atoms with Crippen LogP contribution in [0.2, 0.25) is 0 Å². The van der Waals surface area contributed by atoms with E-state index in [4.69, 9.17) is 0 Å². The largest absolute Gasteiger partial charge is 0.359 e. The summed E-state index contributed by atoms with van der Waals surface area (Å²) in [5, 5.41) is 0. The molecule has 106 valence electrons. The van der Waals surface area contributed by atoms with Gasteiger partial charge in [-0.05, 0) is 26.7 Å². The summed E-state index contributed by atoms with van der Waals surface area (Å²) >= 11 is 0. The van der Waals surface area contributed by atoms with Crippen LogP contribution in [0.15, 0.2) is 12.4 Å². The molecule has 1 aliphatic heterocycles. The van der Waals surface area contributed by atoms with Crippen LogP contribution in [0, 0.1) is 0 Å². The van der Waals surface area contributed by atoms with Crippen LogP contribution in [0.1, 0.15) is 72.1 Å². The first-order valence-electron chi connectivity index (χ1n) is 7.84. The van der Waals surface area contributed by atoms with Crippen LogP contribution in [-0.2, 0) is 0 Å². The second-order valence-electron chi connectivity index (χ2n) is 5.90. The highest BCUT2D eigenvalue weighted by atomic mass is 15.4. The van der Waals surface area contributed by atoms with Crippen LogP contribution in [0.25, 0.3) is 0 Å². The third-order valence-corrected chi connectivity index (χ3v) is 3.95. The highest BCUT2D eigenvalue weighted by Gasteiger charge is 2.24. The first-order chi connectivity index (χ1) is 8.66.